The molecule has 0 aliphatic rings. The SMILES string of the molecule is C[Si](C)(C)C(Cl)[Si](C)(C)C.[MgH2]. The monoisotopic (exact) mass is 220 g/mol. The quantitative estimate of drug-likeness (QED) is 0.496. The molecule has 4 heteroatoms. The molecule has 0 aliphatic heterocycles. The minimum absolute atomic E-state index is 0. The van der Waals surface area contributed by atoms with Crippen LogP contribution in [0.2, 0.25) is 39.3 Å². The molecule has 0 saturated carbocycles. The first-order valence-corrected chi connectivity index (χ1v) is 11.4. The second-order valence-electron chi connectivity index (χ2n) is 5.09. The smallest absolute Gasteiger partial charge is 0.130 e. The van der Waals surface area contributed by atoms with Crippen LogP contribution in [0.4, 0.5) is 0 Å². The molecule has 0 bridgehead atoms. The lowest BCUT2D eigenvalue weighted by Crippen LogP contribution is -2.50. The fraction of sp³-hybridized carbons (Fsp3) is 1.00. The number of hydrogen-bond donors (Lipinski definition) is 0. The summed E-state index contributed by atoms with van der Waals surface area (Å²) in [4.78, 5) is 0. The molecule has 0 rings (SSSR count). The summed E-state index contributed by atoms with van der Waals surface area (Å²) < 4.78 is 0.514. The second-order valence-corrected chi connectivity index (χ2v) is 17.5. The summed E-state index contributed by atoms with van der Waals surface area (Å²) in [6.07, 6.45) is 0. The normalized spacial score (nSPS) is 13.1. The van der Waals surface area contributed by atoms with Crippen molar-refractivity contribution in [3.8, 4) is 0 Å². The van der Waals surface area contributed by atoms with Crippen molar-refractivity contribution in [2.75, 3.05) is 0 Å². The Hall–Kier alpha value is 1.49. The zero-order valence-electron chi connectivity index (χ0n) is 7.96. The molecule has 0 aromatic carbocycles. The molecule has 0 radical (unpaired) electrons. The first-order valence-electron chi connectivity index (χ1n) is 3.80. The first-order chi connectivity index (χ1) is 4.15. The third-order valence-electron chi connectivity index (χ3n) is 1.52. The van der Waals surface area contributed by atoms with Crippen molar-refractivity contribution in [2.24, 2.45) is 0 Å². The summed E-state index contributed by atoms with van der Waals surface area (Å²) in [6.45, 7) is 14.1. The molecule has 0 spiro atoms. The largest absolute Gasteiger partial charge is 0.316 e. The van der Waals surface area contributed by atoms with Crippen molar-refractivity contribution < 1.29 is 0 Å². The van der Waals surface area contributed by atoms with Gasteiger partial charge in [0, 0.05) is 4.62 Å². The van der Waals surface area contributed by atoms with E-state index in [-0.39, 0.29) is 23.1 Å². The standard InChI is InChI=1S/C7H19ClSi2.Mg.2H/c1-9(2,3)7(8)10(4,5)6;;;/h7H,1-6H3;;;. The number of alkyl halides is 1. The molecule has 0 nitrogen and oxygen atoms in total. The van der Waals surface area contributed by atoms with E-state index in [9.17, 15) is 0 Å². The molecular formula is C7H21ClMgSi2. The first kappa shape index (κ1) is 15.0. The van der Waals surface area contributed by atoms with Crippen LogP contribution in [0.5, 0.6) is 0 Å². The minimum Gasteiger partial charge on any atom is -0.130 e. The van der Waals surface area contributed by atoms with Gasteiger partial charge < -0.3 is 0 Å². The summed E-state index contributed by atoms with van der Waals surface area (Å²) in [5, 5.41) is 0. The molecule has 0 atom stereocenters. The van der Waals surface area contributed by atoms with Crippen LogP contribution in [0.1, 0.15) is 0 Å². The Morgan fingerprint density at radius 1 is 0.818 bits per heavy atom. The fourth-order valence-corrected chi connectivity index (χ4v) is 11.7. The van der Waals surface area contributed by atoms with E-state index in [2.05, 4.69) is 39.3 Å². The van der Waals surface area contributed by atoms with E-state index in [1.54, 1.807) is 0 Å². The van der Waals surface area contributed by atoms with Crippen LogP contribution in [0.3, 0.4) is 0 Å². The Kier molecular flexibility index (Phi) is 6.33. The highest BCUT2D eigenvalue weighted by molar-refractivity contribution is 7.03. The van der Waals surface area contributed by atoms with Gasteiger partial charge in [0.05, 0.1) is 16.1 Å². The summed E-state index contributed by atoms with van der Waals surface area (Å²) in [5.41, 5.74) is 0. The molecule has 11 heavy (non-hydrogen) atoms. The van der Waals surface area contributed by atoms with Gasteiger partial charge in [-0.15, -0.1) is 11.6 Å². The topological polar surface area (TPSA) is 0 Å². The van der Waals surface area contributed by atoms with Gasteiger partial charge >= 0.3 is 23.1 Å². The maximum atomic E-state index is 6.36. The van der Waals surface area contributed by atoms with Crippen LogP contribution in [-0.2, 0) is 0 Å². The zero-order chi connectivity index (χ0) is 8.58. The lowest BCUT2D eigenvalue weighted by molar-refractivity contribution is 1.45. The van der Waals surface area contributed by atoms with Gasteiger partial charge in [0.1, 0.15) is 0 Å². The van der Waals surface area contributed by atoms with Crippen LogP contribution < -0.4 is 0 Å². The molecule has 0 fully saturated rings. The zero-order valence-corrected chi connectivity index (χ0v) is 10.7. The summed E-state index contributed by atoms with van der Waals surface area (Å²) in [7, 11) is -2.14. The predicted octanol–water partition coefficient (Wildman–Crippen LogP) is 2.43. The fourth-order valence-electron chi connectivity index (χ4n) is 1.30. The lowest BCUT2D eigenvalue weighted by atomic mass is 11.7. The summed E-state index contributed by atoms with van der Waals surface area (Å²) >= 11 is 6.36. The van der Waals surface area contributed by atoms with E-state index in [1.807, 2.05) is 0 Å². The van der Waals surface area contributed by atoms with Gasteiger partial charge in [-0.25, -0.2) is 0 Å². The summed E-state index contributed by atoms with van der Waals surface area (Å²) in [5.74, 6) is 0. The van der Waals surface area contributed by atoms with E-state index in [4.69, 9.17) is 11.6 Å². The molecule has 0 saturated heterocycles. The highest BCUT2D eigenvalue weighted by Crippen LogP contribution is 2.23. The molecule has 0 aromatic heterocycles. The minimum atomic E-state index is -1.07. The molecule has 0 heterocycles. The highest BCUT2D eigenvalue weighted by atomic mass is 35.5. The molecule has 0 N–H and O–H groups in total. The van der Waals surface area contributed by atoms with Gasteiger partial charge in [0.15, 0.2) is 0 Å². The van der Waals surface area contributed by atoms with Gasteiger partial charge in [-0.3, -0.25) is 0 Å². The Morgan fingerprint density at radius 2 is 1.00 bits per heavy atom. The molecule has 0 unspecified atom stereocenters. The van der Waals surface area contributed by atoms with Gasteiger partial charge in [0.25, 0.3) is 0 Å². The predicted molar refractivity (Wildman–Crippen MR) is 64.9 cm³/mol. The van der Waals surface area contributed by atoms with Gasteiger partial charge in [0.2, 0.25) is 0 Å². The van der Waals surface area contributed by atoms with Crippen molar-refractivity contribution in [1.29, 1.82) is 0 Å². The third kappa shape index (κ3) is 5.69. The molecule has 0 aromatic rings. The Bertz CT molecular complexity index is 101. The van der Waals surface area contributed by atoms with E-state index in [1.165, 1.54) is 0 Å². The van der Waals surface area contributed by atoms with E-state index >= 15 is 0 Å². The summed E-state index contributed by atoms with van der Waals surface area (Å²) in [6, 6.07) is 0. The maximum Gasteiger partial charge on any atom is 0.316 e. The van der Waals surface area contributed by atoms with Crippen molar-refractivity contribution in [3.63, 3.8) is 0 Å². The van der Waals surface area contributed by atoms with Crippen LogP contribution in [0.15, 0.2) is 0 Å². The average Bonchev–Trinajstić information content (AvgIpc) is 1.59. The van der Waals surface area contributed by atoms with E-state index in [0.29, 0.717) is 4.62 Å². The van der Waals surface area contributed by atoms with Gasteiger partial charge in [-0.2, -0.15) is 0 Å². The lowest BCUT2D eigenvalue weighted by Gasteiger charge is -2.32. The van der Waals surface area contributed by atoms with Crippen LogP contribution in [-0.4, -0.2) is 43.8 Å². The maximum absolute atomic E-state index is 6.36. The average molecular weight is 221 g/mol. The molecule has 0 aliphatic carbocycles. The third-order valence-corrected chi connectivity index (χ3v) is 13.7. The van der Waals surface area contributed by atoms with Crippen molar-refractivity contribution in [3.05, 3.63) is 0 Å². The van der Waals surface area contributed by atoms with Crippen molar-refractivity contribution >= 4 is 50.8 Å². The number of halogens is 1. The van der Waals surface area contributed by atoms with Gasteiger partial charge in [-0.1, -0.05) is 39.3 Å². The second kappa shape index (κ2) is 4.65. The molecule has 66 valence electrons. The molecule has 0 amide bonds. The van der Waals surface area contributed by atoms with Gasteiger partial charge in [-0.05, 0) is 0 Å². The van der Waals surface area contributed by atoms with E-state index < -0.39 is 16.1 Å². The Balaban J connectivity index is 0. The Labute approximate surface area is 94.3 Å². The van der Waals surface area contributed by atoms with E-state index in [0.717, 1.165) is 0 Å². The van der Waals surface area contributed by atoms with Crippen LogP contribution >= 0.6 is 11.6 Å². The Morgan fingerprint density at radius 3 is 1.00 bits per heavy atom. The van der Waals surface area contributed by atoms with Crippen molar-refractivity contribution in [2.45, 2.75) is 43.9 Å². The number of rotatable bonds is 2. The number of hydrogen-bond acceptors (Lipinski definition) is 0. The molecular weight excluding hydrogens is 200 g/mol. The van der Waals surface area contributed by atoms with Crippen LogP contribution in [0, 0.1) is 0 Å². The van der Waals surface area contributed by atoms with Crippen LogP contribution in [0.25, 0.3) is 0 Å². The highest BCUT2D eigenvalue weighted by Gasteiger charge is 2.35. The van der Waals surface area contributed by atoms with Crippen molar-refractivity contribution in [1.82, 2.24) is 0 Å².